The van der Waals surface area contributed by atoms with Crippen LogP contribution < -0.4 is 20.7 Å². The van der Waals surface area contributed by atoms with Gasteiger partial charge in [0.05, 0.1) is 19.3 Å². The zero-order valence-electron chi connectivity index (χ0n) is 16.9. The number of hydrogen-bond acceptors (Lipinski definition) is 5. The van der Waals surface area contributed by atoms with Gasteiger partial charge in [0.2, 0.25) is 0 Å². The zero-order valence-corrected chi connectivity index (χ0v) is 17.8. The minimum atomic E-state index is -0.265. The number of methoxy groups -OCH3 is 1. The van der Waals surface area contributed by atoms with Crippen LogP contribution in [-0.2, 0) is 19.4 Å². The Bertz CT molecular complexity index is 850. The Morgan fingerprint density at radius 2 is 2.03 bits per heavy atom. The second kappa shape index (κ2) is 9.60. The van der Waals surface area contributed by atoms with E-state index < -0.39 is 0 Å². The highest BCUT2D eigenvalue weighted by atomic mass is 32.1. The van der Waals surface area contributed by atoms with Gasteiger partial charge in [-0.3, -0.25) is 5.32 Å². The highest BCUT2D eigenvalue weighted by Crippen LogP contribution is 2.28. The lowest BCUT2D eigenvalue weighted by Gasteiger charge is -2.26. The van der Waals surface area contributed by atoms with E-state index in [1.54, 1.807) is 12.0 Å². The molecule has 29 heavy (non-hydrogen) atoms. The number of benzene rings is 1. The van der Waals surface area contributed by atoms with Crippen LogP contribution >= 0.6 is 11.3 Å². The fourth-order valence-corrected chi connectivity index (χ4v) is 4.05. The Balaban J connectivity index is 1.48. The molecule has 3 N–H and O–H groups in total. The number of carbonyl (C=O) groups is 2. The third-order valence-electron chi connectivity index (χ3n) is 4.51. The van der Waals surface area contributed by atoms with E-state index in [9.17, 15) is 9.59 Å². The van der Waals surface area contributed by atoms with Crippen molar-refractivity contribution < 1.29 is 14.3 Å². The maximum atomic E-state index is 12.5. The van der Waals surface area contributed by atoms with Gasteiger partial charge in [-0.25, -0.2) is 14.6 Å². The maximum absolute atomic E-state index is 12.5. The van der Waals surface area contributed by atoms with Crippen molar-refractivity contribution in [3.8, 4) is 5.75 Å². The Morgan fingerprint density at radius 1 is 1.28 bits per heavy atom. The number of aromatic nitrogens is 1. The molecule has 1 aromatic heterocycles. The van der Waals surface area contributed by atoms with E-state index >= 15 is 0 Å². The largest absolute Gasteiger partial charge is 0.497 e. The van der Waals surface area contributed by atoms with E-state index in [1.807, 2.05) is 38.1 Å². The standard InChI is InChI=1S/C20H27N5O3S/c1-13(2)22-18(26)24-19-23-16-9-11-25(12-17(16)29-19)20(27)21-10-8-14-4-6-15(28-3)7-5-14/h4-7,13H,8-12H2,1-3H3,(H,21,27)(H2,22,23,24,26). The molecule has 8 nitrogen and oxygen atoms in total. The molecule has 0 bridgehead atoms. The van der Waals surface area contributed by atoms with Crippen molar-refractivity contribution in [3.63, 3.8) is 0 Å². The first kappa shape index (κ1) is 20.9. The SMILES string of the molecule is COc1ccc(CCNC(=O)N2CCc3nc(NC(=O)NC(C)C)sc3C2)cc1. The molecule has 9 heteroatoms. The van der Waals surface area contributed by atoms with E-state index in [4.69, 9.17) is 4.74 Å². The quantitative estimate of drug-likeness (QED) is 0.673. The molecule has 3 rings (SSSR count). The van der Waals surface area contributed by atoms with E-state index in [0.29, 0.717) is 31.2 Å². The molecule has 0 saturated carbocycles. The van der Waals surface area contributed by atoms with Crippen LogP contribution in [0.25, 0.3) is 0 Å². The third kappa shape index (κ3) is 5.83. The van der Waals surface area contributed by atoms with Crippen molar-refractivity contribution in [3.05, 3.63) is 40.4 Å². The van der Waals surface area contributed by atoms with E-state index in [-0.39, 0.29) is 18.1 Å². The van der Waals surface area contributed by atoms with Gasteiger partial charge in [0.15, 0.2) is 5.13 Å². The molecule has 0 aliphatic carbocycles. The van der Waals surface area contributed by atoms with E-state index in [1.165, 1.54) is 11.3 Å². The molecule has 1 aliphatic rings. The van der Waals surface area contributed by atoms with Gasteiger partial charge in [0.1, 0.15) is 5.75 Å². The smallest absolute Gasteiger partial charge is 0.321 e. The normalized spacial score (nSPS) is 13.0. The molecule has 4 amide bonds. The number of fused-ring (bicyclic) bond motifs is 1. The number of hydrogen-bond donors (Lipinski definition) is 3. The van der Waals surface area contributed by atoms with Crippen LogP contribution in [0.3, 0.4) is 0 Å². The maximum Gasteiger partial charge on any atom is 0.321 e. The van der Waals surface area contributed by atoms with Crippen LogP contribution in [0.1, 0.15) is 30.0 Å². The summed E-state index contributed by atoms with van der Waals surface area (Å²) in [6.07, 6.45) is 1.44. The second-order valence-electron chi connectivity index (χ2n) is 7.14. The number of carbonyl (C=O) groups excluding carboxylic acids is 2. The second-order valence-corrected chi connectivity index (χ2v) is 8.23. The summed E-state index contributed by atoms with van der Waals surface area (Å²) in [6, 6.07) is 7.55. The summed E-state index contributed by atoms with van der Waals surface area (Å²) in [4.78, 5) is 31.6. The predicted octanol–water partition coefficient (Wildman–Crippen LogP) is 2.99. The zero-order chi connectivity index (χ0) is 20.8. The fourth-order valence-electron chi connectivity index (χ4n) is 3.04. The van der Waals surface area contributed by atoms with Crippen LogP contribution in [0.15, 0.2) is 24.3 Å². The number of ether oxygens (including phenoxy) is 1. The van der Waals surface area contributed by atoms with Crippen LogP contribution in [0, 0.1) is 0 Å². The van der Waals surface area contributed by atoms with Gasteiger partial charge in [0, 0.05) is 30.4 Å². The Hall–Kier alpha value is -2.81. The molecule has 156 valence electrons. The number of nitrogens with one attached hydrogen (secondary N) is 3. The monoisotopic (exact) mass is 417 g/mol. The lowest BCUT2D eigenvalue weighted by Crippen LogP contribution is -2.43. The summed E-state index contributed by atoms with van der Waals surface area (Å²) in [7, 11) is 1.64. The molecule has 0 spiro atoms. The molecule has 2 heterocycles. The van der Waals surface area contributed by atoms with Gasteiger partial charge in [0.25, 0.3) is 0 Å². The van der Waals surface area contributed by atoms with Gasteiger partial charge in [-0.15, -0.1) is 0 Å². The molecule has 0 saturated heterocycles. The van der Waals surface area contributed by atoms with Crippen LogP contribution in [0.2, 0.25) is 0 Å². The number of nitrogens with zero attached hydrogens (tertiary/aromatic N) is 2. The van der Waals surface area contributed by atoms with Crippen molar-refractivity contribution in [2.45, 2.75) is 39.3 Å². The summed E-state index contributed by atoms with van der Waals surface area (Å²) in [6.45, 7) is 5.49. The van der Waals surface area contributed by atoms with Crippen LogP contribution in [0.4, 0.5) is 14.7 Å². The first-order chi connectivity index (χ1) is 13.9. The van der Waals surface area contributed by atoms with Crippen molar-refractivity contribution in [2.75, 3.05) is 25.5 Å². The number of urea groups is 2. The predicted molar refractivity (Wildman–Crippen MR) is 114 cm³/mol. The first-order valence-corrected chi connectivity index (χ1v) is 10.5. The molecule has 0 unspecified atom stereocenters. The molecule has 0 atom stereocenters. The van der Waals surface area contributed by atoms with E-state index in [2.05, 4.69) is 20.9 Å². The average Bonchev–Trinajstić information content (AvgIpc) is 3.08. The third-order valence-corrected chi connectivity index (χ3v) is 5.51. The number of anilines is 1. The Labute approximate surface area is 174 Å². The number of rotatable bonds is 6. The summed E-state index contributed by atoms with van der Waals surface area (Å²) in [5, 5.41) is 9.09. The first-order valence-electron chi connectivity index (χ1n) is 9.66. The number of amides is 4. The van der Waals surface area contributed by atoms with Crippen LogP contribution in [0.5, 0.6) is 5.75 Å². The van der Waals surface area contributed by atoms with Crippen molar-refractivity contribution in [1.82, 2.24) is 20.5 Å². The average molecular weight is 418 g/mol. The summed E-state index contributed by atoms with van der Waals surface area (Å²) in [5.74, 6) is 0.821. The van der Waals surface area contributed by atoms with E-state index in [0.717, 1.165) is 28.3 Å². The van der Waals surface area contributed by atoms with Gasteiger partial charge >= 0.3 is 12.1 Å². The molecular weight excluding hydrogens is 390 g/mol. The molecule has 0 fully saturated rings. The highest BCUT2D eigenvalue weighted by Gasteiger charge is 2.24. The van der Waals surface area contributed by atoms with Crippen molar-refractivity contribution in [1.29, 1.82) is 0 Å². The summed E-state index contributed by atoms with van der Waals surface area (Å²) < 4.78 is 5.15. The van der Waals surface area contributed by atoms with Gasteiger partial charge < -0.3 is 20.3 Å². The summed E-state index contributed by atoms with van der Waals surface area (Å²) in [5.41, 5.74) is 2.10. The lowest BCUT2D eigenvalue weighted by atomic mass is 10.1. The molecule has 1 aromatic carbocycles. The summed E-state index contributed by atoms with van der Waals surface area (Å²) >= 11 is 1.42. The minimum Gasteiger partial charge on any atom is -0.497 e. The van der Waals surface area contributed by atoms with Gasteiger partial charge in [-0.2, -0.15) is 0 Å². The molecule has 0 radical (unpaired) electrons. The molecule has 1 aliphatic heterocycles. The Morgan fingerprint density at radius 3 is 2.72 bits per heavy atom. The Kier molecular flexibility index (Phi) is 6.92. The topological polar surface area (TPSA) is 95.6 Å². The highest BCUT2D eigenvalue weighted by molar-refractivity contribution is 7.15. The lowest BCUT2D eigenvalue weighted by molar-refractivity contribution is 0.193. The minimum absolute atomic E-state index is 0.0571. The fraction of sp³-hybridized carbons (Fsp3) is 0.450. The molecule has 2 aromatic rings. The van der Waals surface area contributed by atoms with Gasteiger partial charge in [-0.05, 0) is 38.0 Å². The van der Waals surface area contributed by atoms with Crippen LogP contribution in [-0.4, -0.2) is 48.2 Å². The van der Waals surface area contributed by atoms with Crippen molar-refractivity contribution >= 4 is 28.5 Å². The van der Waals surface area contributed by atoms with Gasteiger partial charge in [-0.1, -0.05) is 23.5 Å². The molecular formula is C20H27N5O3S. The van der Waals surface area contributed by atoms with Crippen molar-refractivity contribution in [2.24, 2.45) is 0 Å². The number of thiazole rings is 1.